The third-order valence-corrected chi connectivity index (χ3v) is 2.86. The molecular formula is C16H14ClNO. The van der Waals surface area contributed by atoms with Crippen molar-refractivity contribution in [1.29, 1.82) is 0 Å². The summed E-state index contributed by atoms with van der Waals surface area (Å²) in [5, 5.41) is 3.51. The third kappa shape index (κ3) is 4.60. The first-order valence-electron chi connectivity index (χ1n) is 5.99. The lowest BCUT2D eigenvalue weighted by Gasteiger charge is -2.02. The van der Waals surface area contributed by atoms with E-state index in [1.54, 1.807) is 6.08 Å². The molecule has 0 aliphatic heterocycles. The fraction of sp³-hybridized carbons (Fsp3) is 0.0625. The second-order valence-electron chi connectivity index (χ2n) is 4.09. The van der Waals surface area contributed by atoms with Crippen LogP contribution in [-0.4, -0.2) is 5.91 Å². The quantitative estimate of drug-likeness (QED) is 0.845. The number of carbonyl (C=O) groups is 1. The molecule has 2 rings (SSSR count). The van der Waals surface area contributed by atoms with Gasteiger partial charge in [-0.25, -0.2) is 0 Å². The van der Waals surface area contributed by atoms with Crippen LogP contribution in [0.1, 0.15) is 11.1 Å². The van der Waals surface area contributed by atoms with Crippen molar-refractivity contribution in [2.45, 2.75) is 6.54 Å². The molecule has 1 amide bonds. The summed E-state index contributed by atoms with van der Waals surface area (Å²) in [6.45, 7) is 0.495. The molecule has 0 aliphatic carbocycles. The lowest BCUT2D eigenvalue weighted by atomic mass is 10.2. The van der Waals surface area contributed by atoms with Crippen LogP contribution in [0.15, 0.2) is 60.7 Å². The Balaban J connectivity index is 1.85. The minimum atomic E-state index is -0.112. The van der Waals surface area contributed by atoms with Crippen LogP contribution in [0.4, 0.5) is 0 Å². The van der Waals surface area contributed by atoms with Gasteiger partial charge in [-0.2, -0.15) is 0 Å². The molecule has 1 N–H and O–H groups in total. The van der Waals surface area contributed by atoms with Crippen LogP contribution in [0.3, 0.4) is 0 Å². The molecule has 2 nitrogen and oxygen atoms in total. The Labute approximate surface area is 117 Å². The molecule has 96 valence electrons. The summed E-state index contributed by atoms with van der Waals surface area (Å²) >= 11 is 5.79. The number of hydrogen-bond donors (Lipinski definition) is 1. The molecule has 0 aromatic heterocycles. The predicted octanol–water partition coefficient (Wildman–Crippen LogP) is 3.67. The zero-order valence-electron chi connectivity index (χ0n) is 10.3. The first kappa shape index (κ1) is 13.4. The summed E-state index contributed by atoms with van der Waals surface area (Å²) in [5.74, 6) is -0.112. The van der Waals surface area contributed by atoms with Gasteiger partial charge in [0.1, 0.15) is 0 Å². The number of benzene rings is 2. The summed E-state index contributed by atoms with van der Waals surface area (Å²) in [5.41, 5.74) is 2.02. The summed E-state index contributed by atoms with van der Waals surface area (Å²) < 4.78 is 0. The van der Waals surface area contributed by atoms with E-state index in [1.165, 1.54) is 6.08 Å². The number of nitrogens with one attached hydrogen (secondary N) is 1. The van der Waals surface area contributed by atoms with Crippen molar-refractivity contribution >= 4 is 23.6 Å². The number of halogens is 1. The highest BCUT2D eigenvalue weighted by Crippen LogP contribution is 2.09. The molecule has 0 aliphatic rings. The van der Waals surface area contributed by atoms with Crippen molar-refractivity contribution in [1.82, 2.24) is 5.32 Å². The minimum Gasteiger partial charge on any atom is -0.348 e. The minimum absolute atomic E-state index is 0.112. The van der Waals surface area contributed by atoms with Gasteiger partial charge in [-0.05, 0) is 29.3 Å². The van der Waals surface area contributed by atoms with Gasteiger partial charge in [-0.15, -0.1) is 0 Å². The average Bonchev–Trinajstić information content (AvgIpc) is 2.45. The van der Waals surface area contributed by atoms with Crippen molar-refractivity contribution < 1.29 is 4.79 Å². The predicted molar refractivity (Wildman–Crippen MR) is 78.8 cm³/mol. The maximum absolute atomic E-state index is 11.6. The van der Waals surface area contributed by atoms with E-state index < -0.39 is 0 Å². The molecule has 0 atom stereocenters. The molecule has 0 saturated carbocycles. The molecule has 19 heavy (non-hydrogen) atoms. The summed E-state index contributed by atoms with van der Waals surface area (Å²) in [4.78, 5) is 11.6. The molecular weight excluding hydrogens is 258 g/mol. The standard InChI is InChI=1S/C16H14ClNO/c17-15-9-6-14(7-10-15)12-18-16(19)11-8-13-4-2-1-3-5-13/h1-11H,12H2,(H,18,19)/b11-8+. The topological polar surface area (TPSA) is 29.1 Å². The van der Waals surface area contributed by atoms with E-state index in [-0.39, 0.29) is 5.91 Å². The first-order chi connectivity index (χ1) is 9.24. The molecule has 0 bridgehead atoms. The summed E-state index contributed by atoms with van der Waals surface area (Å²) in [6, 6.07) is 17.1. The van der Waals surface area contributed by atoms with E-state index in [0.29, 0.717) is 11.6 Å². The van der Waals surface area contributed by atoms with Crippen LogP contribution in [0.5, 0.6) is 0 Å². The highest BCUT2D eigenvalue weighted by Gasteiger charge is 1.97. The van der Waals surface area contributed by atoms with Crippen molar-refractivity contribution in [3.05, 3.63) is 76.8 Å². The van der Waals surface area contributed by atoms with E-state index in [4.69, 9.17) is 11.6 Å². The van der Waals surface area contributed by atoms with Gasteiger partial charge in [0, 0.05) is 17.6 Å². The second kappa shape index (κ2) is 6.76. The molecule has 0 radical (unpaired) electrons. The number of hydrogen-bond acceptors (Lipinski definition) is 1. The molecule has 0 spiro atoms. The summed E-state index contributed by atoms with van der Waals surface area (Å²) in [7, 11) is 0. The van der Waals surface area contributed by atoms with E-state index in [2.05, 4.69) is 5.32 Å². The van der Waals surface area contributed by atoms with Gasteiger partial charge in [-0.3, -0.25) is 4.79 Å². The summed E-state index contributed by atoms with van der Waals surface area (Å²) in [6.07, 6.45) is 3.32. The largest absolute Gasteiger partial charge is 0.348 e. The van der Waals surface area contributed by atoms with Gasteiger partial charge in [0.05, 0.1) is 0 Å². The lowest BCUT2D eigenvalue weighted by molar-refractivity contribution is -0.116. The van der Waals surface area contributed by atoms with Gasteiger partial charge in [-0.1, -0.05) is 54.1 Å². The number of carbonyl (C=O) groups excluding carboxylic acids is 1. The van der Waals surface area contributed by atoms with Gasteiger partial charge in [0.2, 0.25) is 5.91 Å². The van der Waals surface area contributed by atoms with E-state index in [0.717, 1.165) is 11.1 Å². The normalized spacial score (nSPS) is 10.6. The monoisotopic (exact) mass is 271 g/mol. The van der Waals surface area contributed by atoms with Crippen LogP contribution < -0.4 is 5.32 Å². The van der Waals surface area contributed by atoms with Crippen LogP contribution in [0.2, 0.25) is 5.02 Å². The van der Waals surface area contributed by atoms with E-state index in [1.807, 2.05) is 54.6 Å². The zero-order chi connectivity index (χ0) is 13.5. The maximum Gasteiger partial charge on any atom is 0.244 e. The average molecular weight is 272 g/mol. The van der Waals surface area contributed by atoms with E-state index >= 15 is 0 Å². The number of rotatable bonds is 4. The number of amides is 1. The van der Waals surface area contributed by atoms with Crippen molar-refractivity contribution in [3.63, 3.8) is 0 Å². The Morgan fingerprint density at radius 3 is 2.42 bits per heavy atom. The SMILES string of the molecule is O=C(/C=C/c1ccccc1)NCc1ccc(Cl)cc1. The maximum atomic E-state index is 11.6. The Bertz CT molecular complexity index is 561. The highest BCUT2D eigenvalue weighted by atomic mass is 35.5. The van der Waals surface area contributed by atoms with Crippen LogP contribution in [-0.2, 0) is 11.3 Å². The highest BCUT2D eigenvalue weighted by molar-refractivity contribution is 6.30. The molecule has 0 unspecified atom stereocenters. The van der Waals surface area contributed by atoms with Gasteiger partial charge in [0.15, 0.2) is 0 Å². The molecule has 0 fully saturated rings. The van der Waals surface area contributed by atoms with Crippen molar-refractivity contribution in [2.24, 2.45) is 0 Å². The molecule has 0 saturated heterocycles. The van der Waals surface area contributed by atoms with Gasteiger partial charge in [0.25, 0.3) is 0 Å². The Morgan fingerprint density at radius 1 is 1.05 bits per heavy atom. The Kier molecular flexibility index (Phi) is 4.76. The molecule has 2 aromatic rings. The van der Waals surface area contributed by atoms with Gasteiger partial charge < -0.3 is 5.32 Å². The third-order valence-electron chi connectivity index (χ3n) is 2.61. The van der Waals surface area contributed by atoms with Crippen LogP contribution in [0, 0.1) is 0 Å². The fourth-order valence-electron chi connectivity index (χ4n) is 1.59. The molecule has 2 aromatic carbocycles. The molecule has 3 heteroatoms. The van der Waals surface area contributed by atoms with Crippen LogP contribution in [0.25, 0.3) is 6.08 Å². The Hall–Kier alpha value is -2.06. The van der Waals surface area contributed by atoms with Crippen molar-refractivity contribution in [3.8, 4) is 0 Å². The molecule has 0 heterocycles. The second-order valence-corrected chi connectivity index (χ2v) is 4.52. The van der Waals surface area contributed by atoms with E-state index in [9.17, 15) is 4.79 Å². The first-order valence-corrected chi connectivity index (χ1v) is 6.37. The smallest absolute Gasteiger partial charge is 0.244 e. The zero-order valence-corrected chi connectivity index (χ0v) is 11.1. The van der Waals surface area contributed by atoms with Gasteiger partial charge >= 0.3 is 0 Å². The van der Waals surface area contributed by atoms with Crippen molar-refractivity contribution in [2.75, 3.05) is 0 Å². The lowest BCUT2D eigenvalue weighted by Crippen LogP contribution is -2.20. The fourth-order valence-corrected chi connectivity index (χ4v) is 1.71. The van der Waals surface area contributed by atoms with Crippen LogP contribution >= 0.6 is 11.6 Å². The Morgan fingerprint density at radius 2 is 1.74 bits per heavy atom.